The minimum Gasteiger partial charge on any atom is -0.466 e. The predicted molar refractivity (Wildman–Crippen MR) is 76.3 cm³/mol. The minimum atomic E-state index is 0.203. The average Bonchev–Trinajstić information content (AvgIpc) is 2.77. The smallest absolute Gasteiger partial charge is 0.136 e. The first kappa shape index (κ1) is 13.5. The molecule has 1 aliphatic heterocycles. The molecule has 0 saturated carbocycles. The van der Waals surface area contributed by atoms with Crippen LogP contribution in [-0.2, 0) is 0 Å². The summed E-state index contributed by atoms with van der Waals surface area (Å²) in [6.45, 7) is 5.06. The fraction of sp³-hybridized carbons (Fsp3) is 0.667. The van der Waals surface area contributed by atoms with Crippen molar-refractivity contribution in [3.63, 3.8) is 0 Å². The van der Waals surface area contributed by atoms with Gasteiger partial charge in [-0.15, -0.1) is 0 Å². The van der Waals surface area contributed by atoms with Crippen LogP contribution in [0.3, 0.4) is 0 Å². The van der Waals surface area contributed by atoms with Crippen LogP contribution in [0, 0.1) is 0 Å². The van der Waals surface area contributed by atoms with Crippen molar-refractivity contribution in [2.75, 3.05) is 25.4 Å². The van der Waals surface area contributed by atoms with Gasteiger partial charge in [0.25, 0.3) is 0 Å². The third-order valence-electron chi connectivity index (χ3n) is 3.24. The molecule has 0 aliphatic carbocycles. The number of hydrogen-bond acceptors (Lipinski definition) is 4. The van der Waals surface area contributed by atoms with Crippen molar-refractivity contribution in [2.24, 2.45) is 5.73 Å². The molecular weight excluding hydrogens is 300 g/mol. The minimum absolute atomic E-state index is 0.203. The summed E-state index contributed by atoms with van der Waals surface area (Å²) < 4.78 is 6.59. The highest BCUT2D eigenvalue weighted by molar-refractivity contribution is 9.10. The van der Waals surface area contributed by atoms with Gasteiger partial charge in [0.2, 0.25) is 0 Å². The molecule has 1 aliphatic rings. The van der Waals surface area contributed by atoms with Crippen LogP contribution in [0.5, 0.6) is 0 Å². The van der Waals surface area contributed by atoms with Crippen LogP contribution in [-0.4, -0.2) is 35.5 Å². The number of nitrogens with zero attached hydrogens (tertiary/aromatic N) is 1. The van der Waals surface area contributed by atoms with Crippen molar-refractivity contribution in [1.82, 2.24) is 4.90 Å². The number of halogens is 1. The second-order valence-electron chi connectivity index (χ2n) is 4.28. The van der Waals surface area contributed by atoms with Gasteiger partial charge in [0.15, 0.2) is 0 Å². The maximum atomic E-state index is 5.92. The molecule has 0 spiro atoms. The Bertz CT molecular complexity index is 358. The summed E-state index contributed by atoms with van der Waals surface area (Å²) in [5, 5.41) is 0.728. The zero-order valence-corrected chi connectivity index (χ0v) is 12.5. The maximum absolute atomic E-state index is 5.92. The van der Waals surface area contributed by atoms with Crippen molar-refractivity contribution >= 4 is 27.7 Å². The highest BCUT2D eigenvalue weighted by Gasteiger charge is 2.28. The molecular formula is C12H19BrN2OS. The number of rotatable bonds is 4. The van der Waals surface area contributed by atoms with Crippen molar-refractivity contribution < 1.29 is 4.42 Å². The van der Waals surface area contributed by atoms with E-state index in [9.17, 15) is 0 Å². The highest BCUT2D eigenvalue weighted by Crippen LogP contribution is 2.32. The normalized spacial score (nSPS) is 23.8. The molecule has 0 bridgehead atoms. The first-order valence-corrected chi connectivity index (χ1v) is 7.89. The SMILES string of the molecule is CCC1CN(C(CN)c2occc2Br)CCS1. The van der Waals surface area contributed by atoms with E-state index >= 15 is 0 Å². The molecule has 2 atom stereocenters. The molecule has 17 heavy (non-hydrogen) atoms. The van der Waals surface area contributed by atoms with E-state index in [1.165, 1.54) is 12.2 Å². The van der Waals surface area contributed by atoms with E-state index < -0.39 is 0 Å². The molecule has 2 unspecified atom stereocenters. The predicted octanol–water partition coefficient (Wildman–Crippen LogP) is 2.87. The lowest BCUT2D eigenvalue weighted by Gasteiger charge is -2.36. The van der Waals surface area contributed by atoms with Crippen LogP contribution >= 0.6 is 27.7 Å². The second kappa shape index (κ2) is 6.27. The van der Waals surface area contributed by atoms with Gasteiger partial charge < -0.3 is 10.2 Å². The van der Waals surface area contributed by atoms with E-state index in [4.69, 9.17) is 10.2 Å². The summed E-state index contributed by atoms with van der Waals surface area (Å²) in [4.78, 5) is 2.45. The molecule has 1 fully saturated rings. The summed E-state index contributed by atoms with van der Waals surface area (Å²) in [7, 11) is 0. The van der Waals surface area contributed by atoms with Gasteiger partial charge in [-0.2, -0.15) is 11.8 Å². The zero-order chi connectivity index (χ0) is 12.3. The molecule has 3 nitrogen and oxygen atoms in total. The van der Waals surface area contributed by atoms with E-state index in [0.717, 1.165) is 28.6 Å². The van der Waals surface area contributed by atoms with E-state index in [0.29, 0.717) is 6.54 Å². The van der Waals surface area contributed by atoms with E-state index in [2.05, 4.69) is 39.5 Å². The Morgan fingerprint density at radius 1 is 1.71 bits per heavy atom. The summed E-state index contributed by atoms with van der Waals surface area (Å²) in [6.07, 6.45) is 2.94. The second-order valence-corrected chi connectivity index (χ2v) is 6.54. The third-order valence-corrected chi connectivity index (χ3v) is 5.26. The first-order chi connectivity index (χ1) is 8.26. The fourth-order valence-corrected chi connectivity index (χ4v) is 3.91. The van der Waals surface area contributed by atoms with Crippen molar-refractivity contribution in [1.29, 1.82) is 0 Å². The Hall–Kier alpha value is 0.0300. The lowest BCUT2D eigenvalue weighted by molar-refractivity contribution is 0.183. The highest BCUT2D eigenvalue weighted by atomic mass is 79.9. The molecule has 0 amide bonds. The largest absolute Gasteiger partial charge is 0.466 e. The molecule has 0 radical (unpaired) electrons. The molecule has 2 rings (SSSR count). The van der Waals surface area contributed by atoms with Crippen LogP contribution in [0.15, 0.2) is 21.2 Å². The lowest BCUT2D eigenvalue weighted by Crippen LogP contribution is -2.42. The summed E-state index contributed by atoms with van der Waals surface area (Å²) in [5.41, 5.74) is 5.92. The van der Waals surface area contributed by atoms with Gasteiger partial charge in [-0.3, -0.25) is 4.90 Å². The number of furan rings is 1. The Balaban J connectivity index is 2.10. The summed E-state index contributed by atoms with van der Waals surface area (Å²) in [6, 6.07) is 2.14. The van der Waals surface area contributed by atoms with Gasteiger partial charge >= 0.3 is 0 Å². The Morgan fingerprint density at radius 2 is 2.53 bits per heavy atom. The molecule has 2 N–H and O–H groups in total. The van der Waals surface area contributed by atoms with E-state index in [1.54, 1.807) is 6.26 Å². The van der Waals surface area contributed by atoms with Gasteiger partial charge in [0.1, 0.15) is 5.76 Å². The van der Waals surface area contributed by atoms with E-state index in [-0.39, 0.29) is 6.04 Å². The first-order valence-electron chi connectivity index (χ1n) is 6.04. The van der Waals surface area contributed by atoms with Gasteiger partial charge in [-0.05, 0) is 28.4 Å². The average molecular weight is 319 g/mol. The topological polar surface area (TPSA) is 42.4 Å². The van der Waals surface area contributed by atoms with Crippen molar-refractivity contribution in [3.05, 3.63) is 22.6 Å². The Kier molecular flexibility index (Phi) is 4.97. The molecule has 2 heterocycles. The van der Waals surface area contributed by atoms with Crippen LogP contribution in [0.1, 0.15) is 25.1 Å². The summed E-state index contributed by atoms with van der Waals surface area (Å²) in [5.74, 6) is 2.15. The van der Waals surface area contributed by atoms with Gasteiger partial charge in [0.05, 0.1) is 16.8 Å². The number of nitrogens with two attached hydrogens (primary N) is 1. The maximum Gasteiger partial charge on any atom is 0.136 e. The number of hydrogen-bond donors (Lipinski definition) is 1. The van der Waals surface area contributed by atoms with Crippen LogP contribution < -0.4 is 5.73 Å². The molecule has 0 aromatic carbocycles. The van der Waals surface area contributed by atoms with Crippen LogP contribution in [0.25, 0.3) is 0 Å². The monoisotopic (exact) mass is 318 g/mol. The van der Waals surface area contributed by atoms with Gasteiger partial charge in [-0.1, -0.05) is 6.92 Å². The number of thioether (sulfide) groups is 1. The third kappa shape index (κ3) is 3.08. The molecule has 1 aromatic heterocycles. The van der Waals surface area contributed by atoms with E-state index in [1.807, 2.05) is 6.07 Å². The van der Waals surface area contributed by atoms with Gasteiger partial charge in [-0.25, -0.2) is 0 Å². The molecule has 5 heteroatoms. The quantitative estimate of drug-likeness (QED) is 0.927. The lowest BCUT2D eigenvalue weighted by atomic mass is 10.1. The van der Waals surface area contributed by atoms with Crippen molar-refractivity contribution in [3.8, 4) is 0 Å². The fourth-order valence-electron chi connectivity index (χ4n) is 2.24. The standard InChI is InChI=1S/C12H19BrN2OS/c1-2-9-8-15(4-6-17-9)11(7-14)12-10(13)3-5-16-12/h3,5,9,11H,2,4,6-8,14H2,1H3. The Labute approximate surface area is 115 Å². The molecule has 96 valence electrons. The van der Waals surface area contributed by atoms with Crippen LogP contribution in [0.2, 0.25) is 0 Å². The molecule has 1 saturated heterocycles. The Morgan fingerprint density at radius 3 is 3.12 bits per heavy atom. The molecule has 1 aromatic rings. The zero-order valence-electron chi connectivity index (χ0n) is 10.1. The van der Waals surface area contributed by atoms with Crippen LogP contribution in [0.4, 0.5) is 0 Å². The summed E-state index contributed by atoms with van der Waals surface area (Å²) >= 11 is 5.60. The van der Waals surface area contributed by atoms with Gasteiger partial charge in [0, 0.05) is 30.6 Å². The van der Waals surface area contributed by atoms with Crippen molar-refractivity contribution in [2.45, 2.75) is 24.6 Å².